The van der Waals surface area contributed by atoms with Crippen LogP contribution in [0.1, 0.15) is 36.7 Å². The van der Waals surface area contributed by atoms with Gasteiger partial charge in [-0.1, -0.05) is 30.3 Å². The third kappa shape index (κ3) is 5.32. The lowest BCUT2D eigenvalue weighted by atomic mass is 10.1. The van der Waals surface area contributed by atoms with Gasteiger partial charge in [-0.2, -0.15) is 0 Å². The van der Waals surface area contributed by atoms with Gasteiger partial charge < -0.3 is 5.32 Å². The summed E-state index contributed by atoms with van der Waals surface area (Å²) in [5.41, 5.74) is 2.53. The highest BCUT2D eigenvalue weighted by Gasteiger charge is 2.14. The van der Waals surface area contributed by atoms with Crippen molar-refractivity contribution in [1.82, 2.24) is 4.90 Å². The van der Waals surface area contributed by atoms with Gasteiger partial charge in [0.2, 0.25) is 5.91 Å². The largest absolute Gasteiger partial charge is 0.325 e. The maximum Gasteiger partial charge on any atom is 0.238 e. The summed E-state index contributed by atoms with van der Waals surface area (Å²) in [5.74, 6) is -0.0445. The van der Waals surface area contributed by atoms with E-state index >= 15 is 0 Å². The molecule has 1 amide bonds. The van der Waals surface area contributed by atoms with Crippen LogP contribution in [-0.4, -0.2) is 29.2 Å². The van der Waals surface area contributed by atoms with Crippen LogP contribution in [0.2, 0.25) is 0 Å². The van der Waals surface area contributed by atoms with Crippen LogP contribution < -0.4 is 5.32 Å². The number of carbonyl (C=O) groups excluding carboxylic acids is 2. The van der Waals surface area contributed by atoms with E-state index in [2.05, 4.69) is 36.2 Å². The standard InChI is InChI=1S/C20H24N2O2/c1-15(2)22(13-17-7-5-4-6-8-17)14-20(24)21-19-11-9-18(10-12-19)16(3)23/h4-12,15H,13-14H2,1-3H3,(H,21,24). The number of ketones is 1. The van der Waals surface area contributed by atoms with Gasteiger partial charge >= 0.3 is 0 Å². The number of hydrogen-bond donors (Lipinski definition) is 1. The first kappa shape index (κ1) is 17.9. The van der Waals surface area contributed by atoms with Crippen molar-refractivity contribution >= 4 is 17.4 Å². The van der Waals surface area contributed by atoms with Crippen LogP contribution in [-0.2, 0) is 11.3 Å². The quantitative estimate of drug-likeness (QED) is 0.789. The molecule has 0 saturated carbocycles. The predicted molar refractivity (Wildman–Crippen MR) is 97.1 cm³/mol. The van der Waals surface area contributed by atoms with E-state index in [4.69, 9.17) is 0 Å². The fourth-order valence-electron chi connectivity index (χ4n) is 2.41. The Morgan fingerprint density at radius 2 is 1.62 bits per heavy atom. The van der Waals surface area contributed by atoms with Gasteiger partial charge in [-0.25, -0.2) is 0 Å². The van der Waals surface area contributed by atoms with Crippen molar-refractivity contribution in [3.8, 4) is 0 Å². The topological polar surface area (TPSA) is 49.4 Å². The molecule has 2 rings (SSSR count). The monoisotopic (exact) mass is 324 g/mol. The molecule has 0 atom stereocenters. The van der Waals surface area contributed by atoms with Crippen LogP contribution in [0, 0.1) is 0 Å². The lowest BCUT2D eigenvalue weighted by Crippen LogP contribution is -2.37. The second-order valence-electron chi connectivity index (χ2n) is 6.17. The van der Waals surface area contributed by atoms with E-state index in [9.17, 15) is 9.59 Å². The molecular weight excluding hydrogens is 300 g/mol. The van der Waals surface area contributed by atoms with Crippen LogP contribution in [0.4, 0.5) is 5.69 Å². The third-order valence-corrected chi connectivity index (χ3v) is 3.88. The highest BCUT2D eigenvalue weighted by Crippen LogP contribution is 2.12. The van der Waals surface area contributed by atoms with Crippen LogP contribution in [0.5, 0.6) is 0 Å². The Hall–Kier alpha value is -2.46. The fraction of sp³-hybridized carbons (Fsp3) is 0.300. The summed E-state index contributed by atoms with van der Waals surface area (Å²) in [7, 11) is 0. The summed E-state index contributed by atoms with van der Waals surface area (Å²) >= 11 is 0. The highest BCUT2D eigenvalue weighted by atomic mass is 16.2. The van der Waals surface area contributed by atoms with Crippen molar-refractivity contribution in [2.24, 2.45) is 0 Å². The number of carbonyl (C=O) groups is 2. The number of nitrogens with one attached hydrogen (secondary N) is 1. The average Bonchev–Trinajstić information content (AvgIpc) is 2.55. The number of anilines is 1. The second kappa shape index (κ2) is 8.41. The third-order valence-electron chi connectivity index (χ3n) is 3.88. The van der Waals surface area contributed by atoms with Crippen molar-refractivity contribution in [1.29, 1.82) is 0 Å². The molecule has 0 spiro atoms. The number of Topliss-reactive ketones (excluding diaryl/α,β-unsaturated/α-hetero) is 1. The van der Waals surface area contributed by atoms with Gasteiger partial charge in [0.25, 0.3) is 0 Å². The van der Waals surface area contributed by atoms with E-state index in [-0.39, 0.29) is 17.7 Å². The SMILES string of the molecule is CC(=O)c1ccc(NC(=O)CN(Cc2ccccc2)C(C)C)cc1. The lowest BCUT2D eigenvalue weighted by Gasteiger charge is -2.26. The molecule has 0 fully saturated rings. The van der Waals surface area contributed by atoms with Gasteiger partial charge in [0.15, 0.2) is 5.78 Å². The number of amides is 1. The summed E-state index contributed by atoms with van der Waals surface area (Å²) in [6, 6.07) is 17.3. The van der Waals surface area contributed by atoms with Crippen molar-refractivity contribution in [2.45, 2.75) is 33.4 Å². The van der Waals surface area contributed by atoms with Gasteiger partial charge in [0.1, 0.15) is 0 Å². The number of rotatable bonds is 7. The summed E-state index contributed by atoms with van der Waals surface area (Å²) in [6.45, 7) is 6.74. The first-order valence-corrected chi connectivity index (χ1v) is 8.14. The van der Waals surface area contributed by atoms with Gasteiger partial charge in [-0.05, 0) is 50.6 Å². The Kier molecular flexibility index (Phi) is 6.27. The minimum atomic E-state index is -0.0600. The molecule has 0 aliphatic carbocycles. The van der Waals surface area contributed by atoms with Gasteiger partial charge in [-0.3, -0.25) is 14.5 Å². The zero-order valence-corrected chi connectivity index (χ0v) is 14.5. The normalized spacial score (nSPS) is 10.9. The summed E-state index contributed by atoms with van der Waals surface area (Å²) in [5, 5.41) is 2.89. The number of nitrogens with zero attached hydrogens (tertiary/aromatic N) is 1. The van der Waals surface area contributed by atoms with Crippen molar-refractivity contribution in [3.63, 3.8) is 0 Å². The molecule has 2 aromatic carbocycles. The first-order valence-electron chi connectivity index (χ1n) is 8.14. The van der Waals surface area contributed by atoms with Crippen molar-refractivity contribution < 1.29 is 9.59 Å². The fourth-order valence-corrected chi connectivity index (χ4v) is 2.41. The maximum absolute atomic E-state index is 12.3. The van der Waals surface area contributed by atoms with Crippen molar-refractivity contribution in [3.05, 3.63) is 65.7 Å². The minimum Gasteiger partial charge on any atom is -0.325 e. The second-order valence-corrected chi connectivity index (χ2v) is 6.17. The molecule has 4 heteroatoms. The Labute approximate surface area is 143 Å². The van der Waals surface area contributed by atoms with Crippen LogP contribution in [0.25, 0.3) is 0 Å². The molecule has 2 aromatic rings. The van der Waals surface area contributed by atoms with E-state index in [1.807, 2.05) is 18.2 Å². The molecule has 0 heterocycles. The lowest BCUT2D eigenvalue weighted by molar-refractivity contribution is -0.117. The predicted octanol–water partition coefficient (Wildman–Crippen LogP) is 3.74. The molecule has 0 saturated heterocycles. The van der Waals surface area contributed by atoms with Gasteiger partial charge in [0, 0.05) is 23.8 Å². The first-order chi connectivity index (χ1) is 11.5. The van der Waals surface area contributed by atoms with Crippen LogP contribution in [0.15, 0.2) is 54.6 Å². The molecule has 4 nitrogen and oxygen atoms in total. The van der Waals surface area contributed by atoms with E-state index < -0.39 is 0 Å². The summed E-state index contributed by atoms with van der Waals surface area (Å²) in [6.07, 6.45) is 0. The molecule has 0 bridgehead atoms. The van der Waals surface area contributed by atoms with Gasteiger partial charge in [-0.15, -0.1) is 0 Å². The Morgan fingerprint density at radius 1 is 1.00 bits per heavy atom. The van der Waals surface area contributed by atoms with E-state index in [1.54, 1.807) is 24.3 Å². The smallest absolute Gasteiger partial charge is 0.238 e. The maximum atomic E-state index is 12.3. The molecule has 0 aromatic heterocycles. The molecule has 0 aliphatic heterocycles. The Balaban J connectivity index is 1.96. The van der Waals surface area contributed by atoms with Crippen LogP contribution >= 0.6 is 0 Å². The van der Waals surface area contributed by atoms with E-state index in [1.165, 1.54) is 12.5 Å². The zero-order chi connectivity index (χ0) is 17.5. The average molecular weight is 324 g/mol. The van der Waals surface area contributed by atoms with Crippen molar-refractivity contribution in [2.75, 3.05) is 11.9 Å². The number of hydrogen-bond acceptors (Lipinski definition) is 3. The number of benzene rings is 2. The minimum absolute atomic E-state index is 0.0155. The zero-order valence-electron chi connectivity index (χ0n) is 14.5. The molecule has 1 N–H and O–H groups in total. The molecule has 24 heavy (non-hydrogen) atoms. The van der Waals surface area contributed by atoms with Crippen LogP contribution in [0.3, 0.4) is 0 Å². The summed E-state index contributed by atoms with van der Waals surface area (Å²) < 4.78 is 0. The highest BCUT2D eigenvalue weighted by molar-refractivity contribution is 5.96. The Morgan fingerprint density at radius 3 is 2.17 bits per heavy atom. The summed E-state index contributed by atoms with van der Waals surface area (Å²) in [4.78, 5) is 25.7. The molecule has 0 aliphatic rings. The Bertz CT molecular complexity index is 679. The van der Waals surface area contributed by atoms with Gasteiger partial charge in [0.05, 0.1) is 6.54 Å². The molecule has 0 unspecified atom stereocenters. The molecule has 126 valence electrons. The van der Waals surface area contributed by atoms with E-state index in [0.717, 1.165) is 6.54 Å². The van der Waals surface area contributed by atoms with E-state index in [0.29, 0.717) is 17.8 Å². The molecular formula is C20H24N2O2. The molecule has 0 radical (unpaired) electrons.